The Labute approximate surface area is 114 Å². The summed E-state index contributed by atoms with van der Waals surface area (Å²) in [4.78, 5) is 2.79. The van der Waals surface area contributed by atoms with Gasteiger partial charge in [-0.1, -0.05) is 26.2 Å². The van der Waals surface area contributed by atoms with E-state index >= 15 is 0 Å². The zero-order chi connectivity index (χ0) is 12.8. The van der Waals surface area contributed by atoms with Crippen molar-refractivity contribution in [1.82, 2.24) is 10.2 Å². The van der Waals surface area contributed by atoms with Crippen LogP contribution < -0.4 is 5.32 Å². The molecule has 0 aromatic carbocycles. The molecule has 0 amide bonds. The molecule has 2 nitrogen and oxygen atoms in total. The Hall–Kier alpha value is -0.0800. The lowest BCUT2D eigenvalue weighted by atomic mass is 9.83. The highest BCUT2D eigenvalue weighted by molar-refractivity contribution is 4.81. The van der Waals surface area contributed by atoms with Crippen LogP contribution in [0.4, 0.5) is 0 Å². The normalized spacial score (nSPS) is 30.7. The fourth-order valence-electron chi connectivity index (χ4n) is 3.79. The van der Waals surface area contributed by atoms with Crippen LogP contribution >= 0.6 is 0 Å². The maximum atomic E-state index is 3.68. The summed E-state index contributed by atoms with van der Waals surface area (Å²) in [5.41, 5.74) is 0. The van der Waals surface area contributed by atoms with Crippen molar-refractivity contribution in [3.05, 3.63) is 0 Å². The molecule has 0 aromatic rings. The van der Waals surface area contributed by atoms with Crippen molar-refractivity contribution >= 4 is 0 Å². The topological polar surface area (TPSA) is 15.3 Å². The third-order valence-electron chi connectivity index (χ3n) is 5.22. The van der Waals surface area contributed by atoms with Crippen molar-refractivity contribution in [2.45, 2.75) is 77.3 Å². The van der Waals surface area contributed by atoms with Crippen LogP contribution in [0.1, 0.15) is 65.2 Å². The lowest BCUT2D eigenvalue weighted by Gasteiger charge is -2.38. The van der Waals surface area contributed by atoms with Crippen molar-refractivity contribution in [3.8, 4) is 0 Å². The highest BCUT2D eigenvalue weighted by Crippen LogP contribution is 2.29. The minimum Gasteiger partial charge on any atom is -0.314 e. The second-order valence-corrected chi connectivity index (χ2v) is 6.38. The van der Waals surface area contributed by atoms with Crippen LogP contribution in [0.25, 0.3) is 0 Å². The summed E-state index contributed by atoms with van der Waals surface area (Å²) in [5, 5.41) is 3.68. The first kappa shape index (κ1) is 14.3. The number of nitrogens with one attached hydrogen (secondary N) is 1. The highest BCUT2D eigenvalue weighted by Gasteiger charge is 2.26. The average molecular weight is 252 g/mol. The molecule has 1 aliphatic heterocycles. The molecule has 0 radical (unpaired) electrons. The standard InChI is InChI=1S/C16H32N2/c1-3-16-10-13-18(12-7-11-17-16)14(2)15-8-5-4-6-9-15/h14-17H,3-13H2,1-2H3. The van der Waals surface area contributed by atoms with Gasteiger partial charge in [-0.2, -0.15) is 0 Å². The zero-order valence-corrected chi connectivity index (χ0v) is 12.5. The Bertz CT molecular complexity index is 223. The lowest BCUT2D eigenvalue weighted by molar-refractivity contribution is 0.115. The van der Waals surface area contributed by atoms with Gasteiger partial charge in [0.05, 0.1) is 0 Å². The van der Waals surface area contributed by atoms with Gasteiger partial charge in [0.1, 0.15) is 0 Å². The van der Waals surface area contributed by atoms with E-state index < -0.39 is 0 Å². The first-order valence-corrected chi connectivity index (χ1v) is 8.28. The van der Waals surface area contributed by atoms with Crippen LogP contribution in [0, 0.1) is 5.92 Å². The Balaban J connectivity index is 1.84. The van der Waals surface area contributed by atoms with E-state index in [1.54, 1.807) is 0 Å². The summed E-state index contributed by atoms with van der Waals surface area (Å²) in [5.74, 6) is 0.978. The molecule has 2 atom stereocenters. The predicted molar refractivity (Wildman–Crippen MR) is 78.9 cm³/mol. The van der Waals surface area contributed by atoms with Gasteiger partial charge in [-0.25, -0.2) is 0 Å². The van der Waals surface area contributed by atoms with Gasteiger partial charge in [-0.05, 0) is 64.6 Å². The molecule has 1 saturated heterocycles. The third kappa shape index (κ3) is 3.96. The van der Waals surface area contributed by atoms with Gasteiger partial charge in [0.15, 0.2) is 0 Å². The summed E-state index contributed by atoms with van der Waals surface area (Å²) >= 11 is 0. The molecule has 2 rings (SSSR count). The Kier molecular flexibility index (Phi) is 5.97. The summed E-state index contributed by atoms with van der Waals surface area (Å²) < 4.78 is 0. The van der Waals surface area contributed by atoms with Gasteiger partial charge >= 0.3 is 0 Å². The van der Waals surface area contributed by atoms with Gasteiger partial charge in [0, 0.05) is 12.1 Å². The zero-order valence-electron chi connectivity index (χ0n) is 12.5. The second-order valence-electron chi connectivity index (χ2n) is 6.38. The van der Waals surface area contributed by atoms with Crippen molar-refractivity contribution in [3.63, 3.8) is 0 Å². The van der Waals surface area contributed by atoms with E-state index in [2.05, 4.69) is 24.1 Å². The predicted octanol–water partition coefficient (Wildman–Crippen LogP) is 3.42. The van der Waals surface area contributed by atoms with Gasteiger partial charge in [0.25, 0.3) is 0 Å². The van der Waals surface area contributed by atoms with E-state index in [4.69, 9.17) is 0 Å². The van der Waals surface area contributed by atoms with Gasteiger partial charge in [0.2, 0.25) is 0 Å². The number of hydrogen-bond donors (Lipinski definition) is 1. The molecule has 0 bridgehead atoms. The molecule has 1 saturated carbocycles. The molecule has 1 heterocycles. The molecule has 1 aliphatic carbocycles. The molecule has 106 valence electrons. The minimum atomic E-state index is 0.756. The SMILES string of the molecule is CCC1CCN(C(C)C2CCCCC2)CCCN1. The molecule has 2 unspecified atom stereocenters. The quantitative estimate of drug-likeness (QED) is 0.828. The maximum absolute atomic E-state index is 3.68. The fourth-order valence-corrected chi connectivity index (χ4v) is 3.79. The molecular weight excluding hydrogens is 220 g/mol. The second kappa shape index (κ2) is 7.49. The molecule has 2 fully saturated rings. The molecule has 18 heavy (non-hydrogen) atoms. The first-order valence-electron chi connectivity index (χ1n) is 8.28. The Morgan fingerprint density at radius 1 is 1.06 bits per heavy atom. The van der Waals surface area contributed by atoms with E-state index in [-0.39, 0.29) is 0 Å². The van der Waals surface area contributed by atoms with Gasteiger partial charge in [-0.15, -0.1) is 0 Å². The van der Waals surface area contributed by atoms with Crippen LogP contribution in [0.3, 0.4) is 0 Å². The van der Waals surface area contributed by atoms with Crippen LogP contribution in [0.2, 0.25) is 0 Å². The minimum absolute atomic E-state index is 0.756. The van der Waals surface area contributed by atoms with Crippen molar-refractivity contribution in [2.75, 3.05) is 19.6 Å². The largest absolute Gasteiger partial charge is 0.314 e. The average Bonchev–Trinajstić information content (AvgIpc) is 2.39. The van der Waals surface area contributed by atoms with Crippen LogP contribution in [-0.2, 0) is 0 Å². The van der Waals surface area contributed by atoms with Gasteiger partial charge < -0.3 is 10.2 Å². The van der Waals surface area contributed by atoms with E-state index in [0.29, 0.717) is 0 Å². The maximum Gasteiger partial charge on any atom is 0.00952 e. The summed E-state index contributed by atoms with van der Waals surface area (Å²) in [7, 11) is 0. The number of rotatable bonds is 3. The molecular formula is C16H32N2. The van der Waals surface area contributed by atoms with E-state index in [1.807, 2.05) is 0 Å². The first-order chi connectivity index (χ1) is 8.81. The van der Waals surface area contributed by atoms with Crippen molar-refractivity contribution in [2.24, 2.45) is 5.92 Å². The molecule has 2 aliphatic rings. The van der Waals surface area contributed by atoms with Crippen LogP contribution in [0.15, 0.2) is 0 Å². The fraction of sp³-hybridized carbons (Fsp3) is 1.00. The Morgan fingerprint density at radius 3 is 2.56 bits per heavy atom. The van der Waals surface area contributed by atoms with Crippen molar-refractivity contribution < 1.29 is 0 Å². The van der Waals surface area contributed by atoms with Crippen LogP contribution in [0.5, 0.6) is 0 Å². The molecule has 0 aromatic heterocycles. The summed E-state index contributed by atoms with van der Waals surface area (Å²) in [6.45, 7) is 8.64. The van der Waals surface area contributed by atoms with Gasteiger partial charge in [-0.3, -0.25) is 0 Å². The monoisotopic (exact) mass is 252 g/mol. The number of hydrogen-bond acceptors (Lipinski definition) is 2. The third-order valence-corrected chi connectivity index (χ3v) is 5.22. The van der Waals surface area contributed by atoms with Crippen molar-refractivity contribution in [1.29, 1.82) is 0 Å². The number of nitrogens with zero attached hydrogens (tertiary/aromatic N) is 1. The van der Waals surface area contributed by atoms with E-state index in [1.165, 1.54) is 71.0 Å². The van der Waals surface area contributed by atoms with Crippen LogP contribution in [-0.4, -0.2) is 36.6 Å². The smallest absolute Gasteiger partial charge is 0.00952 e. The van der Waals surface area contributed by atoms with E-state index in [9.17, 15) is 0 Å². The summed E-state index contributed by atoms with van der Waals surface area (Å²) in [6.07, 6.45) is 11.3. The molecule has 0 spiro atoms. The highest BCUT2D eigenvalue weighted by atomic mass is 15.2. The molecule has 1 N–H and O–H groups in total. The van der Waals surface area contributed by atoms with E-state index in [0.717, 1.165) is 18.0 Å². The lowest BCUT2D eigenvalue weighted by Crippen LogP contribution is -2.45. The summed E-state index contributed by atoms with van der Waals surface area (Å²) in [6, 6.07) is 1.58. The Morgan fingerprint density at radius 2 is 1.83 bits per heavy atom. The molecule has 2 heteroatoms.